The average Bonchev–Trinajstić information content (AvgIpc) is 2.60. The van der Waals surface area contributed by atoms with Gasteiger partial charge in [-0.1, -0.05) is 13.8 Å². The topological polar surface area (TPSA) is 37.8 Å². The van der Waals surface area contributed by atoms with Crippen molar-refractivity contribution in [3.8, 4) is 0 Å². The third-order valence-electron chi connectivity index (χ3n) is 3.49. The van der Waals surface area contributed by atoms with Gasteiger partial charge in [0.15, 0.2) is 0 Å². The average molecular weight is 203 g/mol. The Kier molecular flexibility index (Phi) is 2.02. The van der Waals surface area contributed by atoms with Crippen LogP contribution in [0.1, 0.15) is 55.7 Å². The molecule has 1 fully saturated rings. The Labute approximate surface area is 90.3 Å². The minimum Gasteiger partial charge on any atom is -0.307 e. The summed E-state index contributed by atoms with van der Waals surface area (Å²) in [4.78, 5) is 9.16. The molecule has 3 nitrogen and oxygen atoms in total. The molecule has 2 bridgehead atoms. The lowest BCUT2D eigenvalue weighted by Crippen LogP contribution is -2.32. The predicted molar refractivity (Wildman–Crippen MR) is 58.7 cm³/mol. The van der Waals surface area contributed by atoms with Gasteiger partial charge in [-0.15, -0.1) is 0 Å². The van der Waals surface area contributed by atoms with Gasteiger partial charge in [-0.25, -0.2) is 9.97 Å². The zero-order chi connectivity index (χ0) is 10.4. The van der Waals surface area contributed by atoms with Crippen LogP contribution in [0.4, 0.5) is 0 Å². The number of hydrogen-bond acceptors (Lipinski definition) is 3. The molecule has 3 rings (SSSR count). The smallest absolute Gasteiger partial charge is 0.131 e. The van der Waals surface area contributed by atoms with Crippen molar-refractivity contribution >= 4 is 0 Å². The van der Waals surface area contributed by atoms with Crippen molar-refractivity contribution in [3.63, 3.8) is 0 Å². The van der Waals surface area contributed by atoms with Crippen LogP contribution in [-0.4, -0.2) is 16.0 Å². The molecule has 1 N–H and O–H groups in total. The van der Waals surface area contributed by atoms with Crippen LogP contribution in [0.5, 0.6) is 0 Å². The Balaban J connectivity index is 2.03. The van der Waals surface area contributed by atoms with E-state index in [-0.39, 0.29) is 0 Å². The highest BCUT2D eigenvalue weighted by atomic mass is 15.0. The first-order valence-electron chi connectivity index (χ1n) is 5.86. The van der Waals surface area contributed by atoms with Crippen molar-refractivity contribution in [2.75, 3.05) is 0 Å². The van der Waals surface area contributed by atoms with E-state index in [2.05, 4.69) is 24.1 Å². The number of nitrogens with one attached hydrogen (secondary N) is 1. The number of fused-ring (bicyclic) bond motifs is 4. The summed E-state index contributed by atoms with van der Waals surface area (Å²) in [5.74, 6) is 1.43. The highest BCUT2D eigenvalue weighted by Gasteiger charge is 2.33. The van der Waals surface area contributed by atoms with Crippen LogP contribution in [0, 0.1) is 0 Å². The third kappa shape index (κ3) is 1.46. The van der Waals surface area contributed by atoms with Crippen LogP contribution < -0.4 is 5.32 Å². The highest BCUT2D eigenvalue weighted by Crippen LogP contribution is 2.34. The van der Waals surface area contributed by atoms with E-state index in [4.69, 9.17) is 4.98 Å². The number of nitrogens with zero attached hydrogens (tertiary/aromatic N) is 2. The second kappa shape index (κ2) is 3.27. The summed E-state index contributed by atoms with van der Waals surface area (Å²) in [6.45, 7) is 4.30. The lowest BCUT2D eigenvalue weighted by molar-refractivity contribution is 0.500. The Morgan fingerprint density at radius 1 is 1.40 bits per heavy atom. The highest BCUT2D eigenvalue weighted by molar-refractivity contribution is 5.28. The molecule has 1 aromatic rings. The lowest BCUT2D eigenvalue weighted by Gasteiger charge is -2.23. The predicted octanol–water partition coefficient (Wildman–Crippen LogP) is 1.95. The largest absolute Gasteiger partial charge is 0.307 e. The molecule has 0 spiro atoms. The van der Waals surface area contributed by atoms with Gasteiger partial charge in [0, 0.05) is 36.2 Å². The normalized spacial score (nSPS) is 28.2. The fraction of sp³-hybridized carbons (Fsp3) is 0.667. The Morgan fingerprint density at radius 2 is 2.27 bits per heavy atom. The zero-order valence-corrected chi connectivity index (χ0v) is 9.33. The molecule has 0 aliphatic carbocycles. The number of aromatic nitrogens is 2. The van der Waals surface area contributed by atoms with Crippen LogP contribution in [0.2, 0.25) is 0 Å². The minimum atomic E-state index is 0.433. The summed E-state index contributed by atoms with van der Waals surface area (Å²) >= 11 is 0. The summed E-state index contributed by atoms with van der Waals surface area (Å²) < 4.78 is 0. The van der Waals surface area contributed by atoms with Crippen LogP contribution in [0.25, 0.3) is 0 Å². The van der Waals surface area contributed by atoms with Crippen molar-refractivity contribution in [2.24, 2.45) is 0 Å². The van der Waals surface area contributed by atoms with E-state index in [1.807, 2.05) is 6.20 Å². The molecule has 1 aromatic heterocycles. The molecule has 3 heteroatoms. The molecule has 80 valence electrons. The molecule has 0 amide bonds. The SMILES string of the molecule is CC(C)c1ncc2c(n1)CC1CCC2N1. The summed E-state index contributed by atoms with van der Waals surface area (Å²) in [7, 11) is 0. The van der Waals surface area contributed by atoms with Crippen LogP contribution in [0.3, 0.4) is 0 Å². The van der Waals surface area contributed by atoms with Gasteiger partial charge in [0.1, 0.15) is 5.82 Å². The second-order valence-electron chi connectivity index (χ2n) is 4.98. The maximum atomic E-state index is 4.70. The van der Waals surface area contributed by atoms with Crippen molar-refractivity contribution in [1.29, 1.82) is 0 Å². The summed E-state index contributed by atoms with van der Waals surface area (Å²) in [6, 6.07) is 1.19. The van der Waals surface area contributed by atoms with Crippen molar-refractivity contribution in [1.82, 2.24) is 15.3 Å². The molecule has 0 aromatic carbocycles. The molecular formula is C12H17N3. The Hall–Kier alpha value is -0.960. The van der Waals surface area contributed by atoms with E-state index in [1.54, 1.807) is 0 Å². The monoisotopic (exact) mass is 203 g/mol. The van der Waals surface area contributed by atoms with Gasteiger partial charge in [0.25, 0.3) is 0 Å². The molecule has 3 heterocycles. The minimum absolute atomic E-state index is 0.433. The maximum absolute atomic E-state index is 4.70. The first-order valence-corrected chi connectivity index (χ1v) is 5.86. The van der Waals surface area contributed by atoms with Crippen LogP contribution in [-0.2, 0) is 6.42 Å². The third-order valence-corrected chi connectivity index (χ3v) is 3.49. The standard InChI is InChI=1S/C12H17N3/c1-7(2)12-13-6-9-10-4-3-8(14-10)5-11(9)15-12/h6-8,10,14H,3-5H2,1-2H3. The van der Waals surface area contributed by atoms with Gasteiger partial charge in [-0.2, -0.15) is 0 Å². The van der Waals surface area contributed by atoms with E-state index >= 15 is 0 Å². The quantitative estimate of drug-likeness (QED) is 0.758. The number of rotatable bonds is 1. The van der Waals surface area contributed by atoms with E-state index in [0.717, 1.165) is 12.2 Å². The van der Waals surface area contributed by atoms with Crippen molar-refractivity contribution in [3.05, 3.63) is 23.3 Å². The lowest BCUT2D eigenvalue weighted by atomic mass is 10.0. The summed E-state index contributed by atoms with van der Waals surface area (Å²) in [6.07, 6.45) is 5.67. The molecule has 0 radical (unpaired) electrons. The van der Waals surface area contributed by atoms with E-state index < -0.39 is 0 Å². The molecule has 0 saturated carbocycles. The summed E-state index contributed by atoms with van der Waals surface area (Å²) in [5, 5.41) is 3.62. The molecule has 15 heavy (non-hydrogen) atoms. The van der Waals surface area contributed by atoms with Crippen LogP contribution in [0.15, 0.2) is 6.20 Å². The van der Waals surface area contributed by atoms with Crippen molar-refractivity contribution in [2.45, 2.75) is 51.1 Å². The maximum Gasteiger partial charge on any atom is 0.131 e. The Bertz CT molecular complexity index is 386. The zero-order valence-electron chi connectivity index (χ0n) is 9.33. The van der Waals surface area contributed by atoms with Gasteiger partial charge in [0.2, 0.25) is 0 Å². The molecular weight excluding hydrogens is 186 g/mol. The fourth-order valence-electron chi connectivity index (χ4n) is 2.63. The van der Waals surface area contributed by atoms with Crippen molar-refractivity contribution < 1.29 is 0 Å². The van der Waals surface area contributed by atoms with Gasteiger partial charge in [0.05, 0.1) is 5.69 Å². The van der Waals surface area contributed by atoms with Gasteiger partial charge in [-0.3, -0.25) is 0 Å². The molecule has 2 aliphatic heterocycles. The first kappa shape index (κ1) is 9.28. The van der Waals surface area contributed by atoms with E-state index in [0.29, 0.717) is 18.0 Å². The van der Waals surface area contributed by atoms with Gasteiger partial charge < -0.3 is 5.32 Å². The molecule has 2 atom stereocenters. The summed E-state index contributed by atoms with van der Waals surface area (Å²) in [5.41, 5.74) is 2.63. The first-order chi connectivity index (χ1) is 7.24. The molecule has 1 saturated heterocycles. The molecule has 2 unspecified atom stereocenters. The fourth-order valence-corrected chi connectivity index (χ4v) is 2.63. The van der Waals surface area contributed by atoms with Gasteiger partial charge in [-0.05, 0) is 12.8 Å². The van der Waals surface area contributed by atoms with Gasteiger partial charge >= 0.3 is 0 Å². The van der Waals surface area contributed by atoms with E-state index in [9.17, 15) is 0 Å². The Morgan fingerprint density at radius 3 is 3.07 bits per heavy atom. The van der Waals surface area contributed by atoms with Crippen LogP contribution >= 0.6 is 0 Å². The second-order valence-corrected chi connectivity index (χ2v) is 4.98. The van der Waals surface area contributed by atoms with E-state index in [1.165, 1.54) is 24.1 Å². The number of hydrogen-bond donors (Lipinski definition) is 1. The molecule has 2 aliphatic rings.